The molecule has 0 aliphatic rings. The first-order valence-corrected chi connectivity index (χ1v) is 5.93. The van der Waals surface area contributed by atoms with Gasteiger partial charge in [-0.05, 0) is 25.0 Å². The second-order valence-corrected chi connectivity index (χ2v) is 4.88. The Morgan fingerprint density at radius 3 is 2.20 bits per heavy atom. The summed E-state index contributed by atoms with van der Waals surface area (Å²) in [4.78, 5) is 12.3. The molecule has 0 fully saturated rings. The molecule has 82 valence electrons. The molecule has 0 heterocycles. The molecule has 0 aliphatic carbocycles. The lowest BCUT2D eigenvalue weighted by Gasteiger charge is -2.25. The summed E-state index contributed by atoms with van der Waals surface area (Å²) in [5.74, 6) is -0.721. The number of rotatable bonds is 5. The quantitative estimate of drug-likeness (QED) is 0.779. The van der Waals surface area contributed by atoms with Gasteiger partial charge < -0.3 is 5.11 Å². The summed E-state index contributed by atoms with van der Waals surface area (Å²) < 4.78 is -0.679. The predicted molar refractivity (Wildman–Crippen MR) is 63.2 cm³/mol. The molecule has 0 bridgehead atoms. The van der Waals surface area contributed by atoms with Crippen molar-refractivity contribution in [3.8, 4) is 0 Å². The molecule has 0 amide bonds. The Morgan fingerprint density at radius 1 is 1.27 bits per heavy atom. The van der Waals surface area contributed by atoms with E-state index < -0.39 is 10.7 Å². The van der Waals surface area contributed by atoms with Crippen molar-refractivity contribution in [2.24, 2.45) is 0 Å². The molecular weight excluding hydrogens is 208 g/mol. The van der Waals surface area contributed by atoms with Gasteiger partial charge in [-0.2, -0.15) is 0 Å². The van der Waals surface area contributed by atoms with Crippen LogP contribution < -0.4 is 0 Å². The van der Waals surface area contributed by atoms with Gasteiger partial charge in [0.15, 0.2) is 0 Å². The molecular formula is C12H16O2S. The van der Waals surface area contributed by atoms with E-state index in [4.69, 9.17) is 0 Å². The number of aliphatic carboxylic acids is 1. The summed E-state index contributed by atoms with van der Waals surface area (Å²) in [6.07, 6.45) is 1.27. The molecule has 0 spiro atoms. The SMILES string of the molecule is CCC(CC)(Sc1ccccc1)C(=O)O. The van der Waals surface area contributed by atoms with Gasteiger partial charge in [0.1, 0.15) is 4.75 Å². The minimum Gasteiger partial charge on any atom is -0.480 e. The van der Waals surface area contributed by atoms with Crippen LogP contribution in [0.1, 0.15) is 26.7 Å². The van der Waals surface area contributed by atoms with E-state index in [2.05, 4.69) is 0 Å². The minimum absolute atomic E-state index is 0.637. The Balaban J connectivity index is 2.89. The van der Waals surface area contributed by atoms with Crippen LogP contribution in [0.4, 0.5) is 0 Å². The second kappa shape index (κ2) is 5.21. The lowest BCUT2D eigenvalue weighted by atomic mass is 10.0. The molecule has 0 saturated heterocycles. The van der Waals surface area contributed by atoms with Crippen molar-refractivity contribution in [1.29, 1.82) is 0 Å². The Bertz CT molecular complexity index is 318. The van der Waals surface area contributed by atoms with Gasteiger partial charge in [0.2, 0.25) is 0 Å². The molecule has 2 nitrogen and oxygen atoms in total. The predicted octanol–water partition coefficient (Wildman–Crippen LogP) is 3.42. The van der Waals surface area contributed by atoms with Crippen LogP contribution in [-0.2, 0) is 4.79 Å². The van der Waals surface area contributed by atoms with Crippen LogP contribution in [0.5, 0.6) is 0 Å². The highest BCUT2D eigenvalue weighted by atomic mass is 32.2. The van der Waals surface area contributed by atoms with Crippen LogP contribution in [-0.4, -0.2) is 15.8 Å². The van der Waals surface area contributed by atoms with E-state index >= 15 is 0 Å². The third-order valence-corrected chi connectivity index (χ3v) is 4.24. The Kier molecular flexibility index (Phi) is 4.21. The van der Waals surface area contributed by atoms with E-state index in [1.54, 1.807) is 0 Å². The van der Waals surface area contributed by atoms with Gasteiger partial charge in [-0.15, -0.1) is 11.8 Å². The maximum absolute atomic E-state index is 11.3. The van der Waals surface area contributed by atoms with E-state index in [-0.39, 0.29) is 0 Å². The number of thioether (sulfide) groups is 1. The van der Waals surface area contributed by atoms with Crippen molar-refractivity contribution < 1.29 is 9.90 Å². The highest BCUT2D eigenvalue weighted by Gasteiger charge is 2.35. The number of benzene rings is 1. The van der Waals surface area contributed by atoms with Gasteiger partial charge in [0.05, 0.1) is 0 Å². The first-order valence-electron chi connectivity index (χ1n) is 5.12. The fraction of sp³-hybridized carbons (Fsp3) is 0.417. The van der Waals surface area contributed by atoms with Gasteiger partial charge in [0.25, 0.3) is 0 Å². The standard InChI is InChI=1S/C12H16O2S/c1-3-12(4-2,11(13)14)15-10-8-6-5-7-9-10/h5-9H,3-4H2,1-2H3,(H,13,14). The van der Waals surface area contributed by atoms with Crippen LogP contribution in [0.15, 0.2) is 35.2 Å². The molecule has 0 aliphatic heterocycles. The molecule has 0 aromatic heterocycles. The van der Waals surface area contributed by atoms with Crippen molar-refractivity contribution in [3.63, 3.8) is 0 Å². The Morgan fingerprint density at radius 2 is 1.80 bits per heavy atom. The van der Waals surface area contributed by atoms with Crippen LogP contribution in [0.2, 0.25) is 0 Å². The normalized spacial score (nSPS) is 11.3. The van der Waals surface area contributed by atoms with E-state index in [1.807, 2.05) is 44.2 Å². The number of carbonyl (C=O) groups is 1. The number of hydrogen-bond acceptors (Lipinski definition) is 2. The fourth-order valence-electron chi connectivity index (χ4n) is 1.45. The van der Waals surface area contributed by atoms with Crippen molar-refractivity contribution in [2.75, 3.05) is 0 Å². The summed E-state index contributed by atoms with van der Waals surface area (Å²) in [6, 6.07) is 9.70. The molecule has 0 radical (unpaired) electrons. The topological polar surface area (TPSA) is 37.3 Å². The van der Waals surface area contributed by atoms with Crippen LogP contribution >= 0.6 is 11.8 Å². The van der Waals surface area contributed by atoms with E-state index in [9.17, 15) is 9.90 Å². The minimum atomic E-state index is -0.721. The van der Waals surface area contributed by atoms with Gasteiger partial charge in [-0.25, -0.2) is 0 Å². The maximum atomic E-state index is 11.3. The Hall–Kier alpha value is -0.960. The maximum Gasteiger partial charge on any atom is 0.320 e. The smallest absolute Gasteiger partial charge is 0.320 e. The van der Waals surface area contributed by atoms with Crippen molar-refractivity contribution in [3.05, 3.63) is 30.3 Å². The highest BCUT2D eigenvalue weighted by Crippen LogP contribution is 2.38. The molecule has 0 unspecified atom stereocenters. The largest absolute Gasteiger partial charge is 0.480 e. The third-order valence-electron chi connectivity index (χ3n) is 2.59. The fourth-order valence-corrected chi connectivity index (χ4v) is 2.57. The van der Waals surface area contributed by atoms with Gasteiger partial charge in [0, 0.05) is 4.90 Å². The van der Waals surface area contributed by atoms with Crippen molar-refractivity contribution in [1.82, 2.24) is 0 Å². The summed E-state index contributed by atoms with van der Waals surface area (Å²) in [7, 11) is 0. The van der Waals surface area contributed by atoms with Crippen molar-refractivity contribution in [2.45, 2.75) is 36.3 Å². The van der Waals surface area contributed by atoms with Gasteiger partial charge >= 0.3 is 5.97 Å². The van der Waals surface area contributed by atoms with Crippen molar-refractivity contribution >= 4 is 17.7 Å². The molecule has 15 heavy (non-hydrogen) atoms. The third kappa shape index (κ3) is 2.75. The molecule has 1 rings (SSSR count). The molecule has 1 aromatic rings. The molecule has 0 atom stereocenters. The number of hydrogen-bond donors (Lipinski definition) is 1. The van der Waals surface area contributed by atoms with Crippen LogP contribution in [0, 0.1) is 0 Å². The van der Waals surface area contributed by atoms with E-state index in [0.29, 0.717) is 12.8 Å². The monoisotopic (exact) mass is 224 g/mol. The lowest BCUT2D eigenvalue weighted by molar-refractivity contribution is -0.140. The zero-order valence-electron chi connectivity index (χ0n) is 9.06. The van der Waals surface area contributed by atoms with Crippen LogP contribution in [0.25, 0.3) is 0 Å². The summed E-state index contributed by atoms with van der Waals surface area (Å²) in [5.41, 5.74) is 0. The molecule has 1 aromatic carbocycles. The summed E-state index contributed by atoms with van der Waals surface area (Å²) >= 11 is 1.44. The average Bonchev–Trinajstić information content (AvgIpc) is 2.27. The average molecular weight is 224 g/mol. The molecule has 0 saturated carbocycles. The van der Waals surface area contributed by atoms with Gasteiger partial charge in [-0.3, -0.25) is 4.79 Å². The van der Waals surface area contributed by atoms with E-state index in [0.717, 1.165) is 4.90 Å². The molecule has 1 N–H and O–H groups in total. The number of carboxylic acids is 1. The van der Waals surface area contributed by atoms with Gasteiger partial charge in [-0.1, -0.05) is 32.0 Å². The first kappa shape index (κ1) is 12.1. The summed E-state index contributed by atoms with van der Waals surface area (Å²) in [5, 5.41) is 9.26. The second-order valence-electron chi connectivity index (χ2n) is 3.42. The van der Waals surface area contributed by atoms with Crippen LogP contribution in [0.3, 0.4) is 0 Å². The number of carboxylic acid groups (broad SMARTS) is 1. The lowest BCUT2D eigenvalue weighted by Crippen LogP contribution is -2.33. The zero-order chi connectivity index (χ0) is 11.3. The molecule has 3 heteroatoms. The Labute approximate surface area is 94.7 Å². The first-order chi connectivity index (χ1) is 7.14. The highest BCUT2D eigenvalue weighted by molar-refractivity contribution is 8.01. The van der Waals surface area contributed by atoms with E-state index in [1.165, 1.54) is 11.8 Å². The zero-order valence-corrected chi connectivity index (χ0v) is 9.88. The summed E-state index contributed by atoms with van der Waals surface area (Å²) in [6.45, 7) is 3.85.